The number of aryl methyl sites for hydroxylation is 2. The minimum Gasteiger partial charge on any atom is -0.373 e. The van der Waals surface area contributed by atoms with Crippen molar-refractivity contribution in [2.75, 3.05) is 39.8 Å². The summed E-state index contributed by atoms with van der Waals surface area (Å²) in [7, 11) is 4.01. The summed E-state index contributed by atoms with van der Waals surface area (Å²) in [6.07, 6.45) is 2.82. The van der Waals surface area contributed by atoms with Crippen molar-refractivity contribution in [2.24, 2.45) is 13.0 Å². The van der Waals surface area contributed by atoms with Crippen molar-refractivity contribution in [2.45, 2.75) is 25.9 Å². The van der Waals surface area contributed by atoms with E-state index in [-0.39, 0.29) is 12.0 Å². The van der Waals surface area contributed by atoms with Crippen LogP contribution in [0.2, 0.25) is 0 Å². The smallest absolute Gasteiger partial charge is 0.274 e. The average molecular weight is 306 g/mol. The fourth-order valence-electron chi connectivity index (χ4n) is 3.00. The van der Waals surface area contributed by atoms with E-state index < -0.39 is 0 Å². The molecule has 1 saturated carbocycles. The Morgan fingerprint density at radius 1 is 1.45 bits per heavy atom. The number of nitrogens with zero attached hydrogens (tertiary/aromatic N) is 4. The molecule has 1 aromatic rings. The minimum atomic E-state index is 0.0156. The molecule has 1 atom stereocenters. The quantitative estimate of drug-likeness (QED) is 0.811. The van der Waals surface area contributed by atoms with Crippen LogP contribution in [0.3, 0.4) is 0 Å². The van der Waals surface area contributed by atoms with Crippen molar-refractivity contribution in [1.29, 1.82) is 0 Å². The normalized spacial score (nSPS) is 22.4. The maximum absolute atomic E-state index is 12.6. The Balaban J connectivity index is 1.56. The molecule has 0 aromatic carbocycles. The first-order valence-electron chi connectivity index (χ1n) is 8.13. The fraction of sp³-hybridized carbons (Fsp3) is 0.750. The summed E-state index contributed by atoms with van der Waals surface area (Å²) >= 11 is 0. The Labute approximate surface area is 132 Å². The lowest BCUT2D eigenvalue weighted by atomic mass is 10.2. The maximum atomic E-state index is 12.6. The molecule has 0 bridgehead atoms. The highest BCUT2D eigenvalue weighted by Gasteiger charge is 2.29. The van der Waals surface area contributed by atoms with Gasteiger partial charge < -0.3 is 14.5 Å². The van der Waals surface area contributed by atoms with Gasteiger partial charge in [-0.05, 0) is 38.8 Å². The van der Waals surface area contributed by atoms with Crippen LogP contribution < -0.4 is 0 Å². The van der Waals surface area contributed by atoms with Crippen molar-refractivity contribution >= 4 is 5.91 Å². The number of hydrogen-bond donors (Lipinski definition) is 0. The summed E-state index contributed by atoms with van der Waals surface area (Å²) in [5.41, 5.74) is 1.53. The van der Waals surface area contributed by atoms with Crippen LogP contribution in [0, 0.1) is 12.8 Å². The lowest BCUT2D eigenvalue weighted by molar-refractivity contribution is -0.0335. The van der Waals surface area contributed by atoms with Crippen LogP contribution >= 0.6 is 0 Å². The van der Waals surface area contributed by atoms with E-state index in [1.165, 1.54) is 12.8 Å². The predicted molar refractivity (Wildman–Crippen MR) is 83.8 cm³/mol. The molecule has 2 aliphatic rings. The second kappa shape index (κ2) is 6.38. The Morgan fingerprint density at radius 3 is 2.86 bits per heavy atom. The number of morpholine rings is 1. The molecule has 1 amide bonds. The van der Waals surface area contributed by atoms with Gasteiger partial charge in [0.05, 0.1) is 12.7 Å². The third kappa shape index (κ3) is 3.67. The van der Waals surface area contributed by atoms with Gasteiger partial charge in [0.25, 0.3) is 5.91 Å². The summed E-state index contributed by atoms with van der Waals surface area (Å²) in [6.45, 7) is 5.91. The molecule has 1 aliphatic carbocycles. The first kappa shape index (κ1) is 15.5. The number of likely N-dealkylation sites (N-methyl/N-ethyl adjacent to an activating group) is 1. The van der Waals surface area contributed by atoms with Gasteiger partial charge in [0.2, 0.25) is 0 Å². The van der Waals surface area contributed by atoms with Crippen molar-refractivity contribution in [3.8, 4) is 0 Å². The van der Waals surface area contributed by atoms with Crippen LogP contribution in [0.25, 0.3) is 0 Å². The first-order valence-corrected chi connectivity index (χ1v) is 8.13. The molecule has 0 unspecified atom stereocenters. The van der Waals surface area contributed by atoms with E-state index >= 15 is 0 Å². The third-order valence-electron chi connectivity index (χ3n) is 4.54. The number of carbonyl (C=O) groups excluding carboxylic acids is 1. The molecular weight excluding hydrogens is 280 g/mol. The number of aromatic nitrogens is 2. The highest BCUT2D eigenvalue weighted by Crippen LogP contribution is 2.29. The molecule has 1 saturated heterocycles. The third-order valence-corrected chi connectivity index (χ3v) is 4.54. The van der Waals surface area contributed by atoms with Crippen molar-refractivity contribution < 1.29 is 9.53 Å². The highest BCUT2D eigenvalue weighted by molar-refractivity contribution is 5.92. The van der Waals surface area contributed by atoms with Gasteiger partial charge in [-0.2, -0.15) is 5.10 Å². The molecule has 1 aromatic heterocycles. The average Bonchev–Trinajstić information content (AvgIpc) is 3.23. The minimum absolute atomic E-state index is 0.0156. The van der Waals surface area contributed by atoms with E-state index in [2.05, 4.69) is 17.0 Å². The molecular formula is C16H26N4O2. The summed E-state index contributed by atoms with van der Waals surface area (Å²) in [6, 6.07) is 1.85. The van der Waals surface area contributed by atoms with Gasteiger partial charge in [-0.1, -0.05) is 0 Å². The van der Waals surface area contributed by atoms with E-state index in [1.807, 2.05) is 24.9 Å². The molecule has 6 heteroatoms. The molecule has 1 aliphatic heterocycles. The predicted octanol–water partition coefficient (Wildman–Crippen LogP) is 0.911. The second-order valence-electron chi connectivity index (χ2n) is 6.70. The van der Waals surface area contributed by atoms with E-state index in [4.69, 9.17) is 4.74 Å². The zero-order chi connectivity index (χ0) is 15.7. The van der Waals surface area contributed by atoms with E-state index in [1.54, 1.807) is 4.68 Å². The van der Waals surface area contributed by atoms with Crippen LogP contribution in [-0.2, 0) is 11.8 Å². The van der Waals surface area contributed by atoms with E-state index in [0.29, 0.717) is 25.4 Å². The van der Waals surface area contributed by atoms with Gasteiger partial charge >= 0.3 is 0 Å². The maximum Gasteiger partial charge on any atom is 0.274 e. The number of rotatable bonds is 5. The van der Waals surface area contributed by atoms with Crippen LogP contribution in [0.1, 0.15) is 29.0 Å². The molecule has 3 rings (SSSR count). The number of carbonyl (C=O) groups is 1. The highest BCUT2D eigenvalue weighted by atomic mass is 16.5. The summed E-state index contributed by atoms with van der Waals surface area (Å²) in [5, 5.41) is 4.29. The van der Waals surface area contributed by atoms with Crippen LogP contribution in [0.15, 0.2) is 6.07 Å². The number of ether oxygens (including phenoxy) is 1. The monoisotopic (exact) mass is 306 g/mol. The summed E-state index contributed by atoms with van der Waals surface area (Å²) < 4.78 is 7.58. The zero-order valence-corrected chi connectivity index (χ0v) is 13.8. The molecule has 2 fully saturated rings. The lowest BCUT2D eigenvalue weighted by Gasteiger charge is -2.34. The first-order chi connectivity index (χ1) is 10.5. The number of amides is 1. The van der Waals surface area contributed by atoms with E-state index in [0.717, 1.165) is 24.7 Å². The largest absolute Gasteiger partial charge is 0.373 e. The van der Waals surface area contributed by atoms with Gasteiger partial charge in [-0.3, -0.25) is 9.48 Å². The van der Waals surface area contributed by atoms with Gasteiger partial charge in [-0.15, -0.1) is 0 Å². The standard InChI is InChI=1S/C16H26N4O2/c1-12-8-15(17-19(12)3)16(21)20-6-7-22-14(11-20)10-18(2)9-13-4-5-13/h8,13-14H,4-7,9-11H2,1-3H3/t14-/m1/s1. The van der Waals surface area contributed by atoms with Crippen molar-refractivity contribution in [3.05, 3.63) is 17.5 Å². The Bertz CT molecular complexity index is 519. The Morgan fingerprint density at radius 2 is 2.23 bits per heavy atom. The molecule has 22 heavy (non-hydrogen) atoms. The van der Waals surface area contributed by atoms with E-state index in [9.17, 15) is 4.79 Å². The number of hydrogen-bond acceptors (Lipinski definition) is 4. The fourth-order valence-corrected chi connectivity index (χ4v) is 3.00. The van der Waals surface area contributed by atoms with Crippen LogP contribution in [-0.4, -0.2) is 71.4 Å². The SMILES string of the molecule is Cc1cc(C(=O)N2CCO[C@H](CN(C)CC3CC3)C2)nn1C. The van der Waals surface area contributed by atoms with Gasteiger partial charge in [0.15, 0.2) is 5.69 Å². The van der Waals surface area contributed by atoms with Crippen molar-refractivity contribution in [1.82, 2.24) is 19.6 Å². The summed E-state index contributed by atoms with van der Waals surface area (Å²) in [4.78, 5) is 16.8. The van der Waals surface area contributed by atoms with Gasteiger partial charge in [0.1, 0.15) is 0 Å². The van der Waals surface area contributed by atoms with Crippen LogP contribution in [0.5, 0.6) is 0 Å². The topological polar surface area (TPSA) is 50.6 Å². The summed E-state index contributed by atoms with van der Waals surface area (Å²) in [5.74, 6) is 0.893. The molecule has 0 radical (unpaired) electrons. The molecule has 0 spiro atoms. The molecule has 122 valence electrons. The molecule has 2 heterocycles. The lowest BCUT2D eigenvalue weighted by Crippen LogP contribution is -2.49. The van der Waals surface area contributed by atoms with Crippen LogP contribution in [0.4, 0.5) is 0 Å². The zero-order valence-electron chi connectivity index (χ0n) is 13.8. The van der Waals surface area contributed by atoms with Gasteiger partial charge in [0, 0.05) is 38.9 Å². The molecule has 0 N–H and O–H groups in total. The molecule has 6 nitrogen and oxygen atoms in total. The van der Waals surface area contributed by atoms with Crippen molar-refractivity contribution in [3.63, 3.8) is 0 Å². The Hall–Kier alpha value is -1.40. The van der Waals surface area contributed by atoms with Gasteiger partial charge in [-0.25, -0.2) is 0 Å². The Kier molecular flexibility index (Phi) is 4.49. The second-order valence-corrected chi connectivity index (χ2v) is 6.70.